The minimum Gasteiger partial charge on any atom is -0.477 e. The number of rotatable bonds is 4. The molecule has 106 valence electrons. The monoisotopic (exact) mass is 440 g/mol. The second kappa shape index (κ2) is 5.80. The molecule has 0 radical (unpaired) electrons. The van der Waals surface area contributed by atoms with E-state index in [-0.39, 0.29) is 13.6 Å². The van der Waals surface area contributed by atoms with Crippen LogP contribution in [0, 0.1) is 0 Å². The summed E-state index contributed by atoms with van der Waals surface area (Å²) < 4.78 is 27.6. The number of aromatic nitrogens is 1. The first-order valence-electron chi connectivity index (χ1n) is 4.96. The summed E-state index contributed by atoms with van der Waals surface area (Å²) in [4.78, 5) is 14.5. The van der Waals surface area contributed by atoms with Crippen LogP contribution >= 0.6 is 43.2 Å². The molecule has 0 saturated heterocycles. The van der Waals surface area contributed by atoms with E-state index < -0.39 is 16.0 Å². The highest BCUT2D eigenvalue weighted by atomic mass is 79.9. The van der Waals surface area contributed by atoms with Crippen molar-refractivity contribution < 1.29 is 18.3 Å². The summed E-state index contributed by atoms with van der Waals surface area (Å²) in [6.07, 6.45) is 2.89. The molecule has 0 aromatic carbocycles. The second-order valence-electron chi connectivity index (χ2n) is 3.51. The zero-order valence-corrected chi connectivity index (χ0v) is 14.3. The SMILES string of the molecule is O=C(O)c1cc(S(=O)(=O)Nc2ccncc2Br)c(Br)s1. The number of thiophene rings is 1. The highest BCUT2D eigenvalue weighted by molar-refractivity contribution is 9.11. The van der Waals surface area contributed by atoms with Crippen molar-refractivity contribution in [3.8, 4) is 0 Å². The summed E-state index contributed by atoms with van der Waals surface area (Å²) in [6.45, 7) is 0. The first kappa shape index (κ1) is 15.4. The normalized spacial score (nSPS) is 11.3. The highest BCUT2D eigenvalue weighted by Crippen LogP contribution is 2.33. The lowest BCUT2D eigenvalue weighted by molar-refractivity contribution is 0.0702. The van der Waals surface area contributed by atoms with E-state index in [0.717, 1.165) is 17.4 Å². The van der Waals surface area contributed by atoms with E-state index in [2.05, 4.69) is 41.6 Å². The molecule has 2 aromatic rings. The van der Waals surface area contributed by atoms with Gasteiger partial charge in [-0.3, -0.25) is 9.71 Å². The van der Waals surface area contributed by atoms with Crippen LogP contribution in [0.2, 0.25) is 0 Å². The molecule has 0 aliphatic rings. The lowest BCUT2D eigenvalue weighted by Crippen LogP contribution is -2.13. The Kier molecular flexibility index (Phi) is 4.47. The Bertz CT molecular complexity index is 773. The smallest absolute Gasteiger partial charge is 0.345 e. The highest BCUT2D eigenvalue weighted by Gasteiger charge is 2.23. The van der Waals surface area contributed by atoms with E-state index in [4.69, 9.17) is 5.11 Å². The number of nitrogens with zero attached hydrogens (tertiary/aromatic N) is 1. The fourth-order valence-electron chi connectivity index (χ4n) is 1.30. The van der Waals surface area contributed by atoms with Gasteiger partial charge in [0.25, 0.3) is 10.0 Å². The first-order valence-corrected chi connectivity index (χ1v) is 8.85. The molecule has 0 fully saturated rings. The van der Waals surface area contributed by atoms with Crippen LogP contribution in [-0.4, -0.2) is 24.5 Å². The lowest BCUT2D eigenvalue weighted by atomic mass is 10.4. The van der Waals surface area contributed by atoms with Crippen LogP contribution in [0.25, 0.3) is 0 Å². The summed E-state index contributed by atoms with van der Waals surface area (Å²) in [7, 11) is -3.89. The standard InChI is InChI=1S/C10H6Br2N2O4S2/c11-5-4-13-2-1-6(5)14-20(17,18)8-3-7(10(15)16)19-9(8)12/h1-4H,(H,13,14)(H,15,16). The quantitative estimate of drug-likeness (QED) is 0.759. The van der Waals surface area contributed by atoms with E-state index in [0.29, 0.717) is 10.2 Å². The number of carboxylic acids is 1. The van der Waals surface area contributed by atoms with Crippen LogP contribution < -0.4 is 4.72 Å². The molecule has 2 aromatic heterocycles. The van der Waals surface area contributed by atoms with Gasteiger partial charge >= 0.3 is 5.97 Å². The van der Waals surface area contributed by atoms with Gasteiger partial charge in [-0.25, -0.2) is 13.2 Å². The van der Waals surface area contributed by atoms with Crippen molar-refractivity contribution in [3.63, 3.8) is 0 Å². The van der Waals surface area contributed by atoms with Gasteiger partial charge in [-0.1, -0.05) is 0 Å². The van der Waals surface area contributed by atoms with Crippen molar-refractivity contribution in [2.45, 2.75) is 4.90 Å². The number of carboxylic acid groups (broad SMARTS) is 1. The van der Waals surface area contributed by atoms with Crippen LogP contribution in [0.4, 0.5) is 5.69 Å². The van der Waals surface area contributed by atoms with Crippen molar-refractivity contribution in [2.24, 2.45) is 0 Å². The van der Waals surface area contributed by atoms with Crippen LogP contribution in [0.1, 0.15) is 9.67 Å². The maximum atomic E-state index is 12.2. The Morgan fingerprint density at radius 1 is 1.40 bits per heavy atom. The third-order valence-corrected chi connectivity index (χ3v) is 6.41. The molecule has 0 bridgehead atoms. The largest absolute Gasteiger partial charge is 0.477 e. The number of hydrogen-bond acceptors (Lipinski definition) is 5. The van der Waals surface area contributed by atoms with Crippen LogP contribution in [-0.2, 0) is 10.0 Å². The average molecular weight is 442 g/mol. The summed E-state index contributed by atoms with van der Waals surface area (Å²) in [5.41, 5.74) is 0.315. The van der Waals surface area contributed by atoms with Crippen molar-refractivity contribution in [1.29, 1.82) is 0 Å². The van der Waals surface area contributed by atoms with Crippen molar-refractivity contribution >= 4 is 64.9 Å². The molecule has 0 saturated carbocycles. The number of pyridine rings is 1. The predicted molar refractivity (Wildman–Crippen MR) is 81.7 cm³/mol. The van der Waals surface area contributed by atoms with Gasteiger partial charge < -0.3 is 5.11 Å². The number of carbonyl (C=O) groups is 1. The molecule has 0 unspecified atom stereocenters. The van der Waals surface area contributed by atoms with Gasteiger partial charge in [-0.05, 0) is 44.0 Å². The number of aromatic carboxylic acids is 1. The van der Waals surface area contributed by atoms with Crippen molar-refractivity contribution in [2.75, 3.05) is 4.72 Å². The molecule has 0 aliphatic heterocycles. The molecule has 6 nitrogen and oxygen atoms in total. The van der Waals surface area contributed by atoms with Gasteiger partial charge in [0.2, 0.25) is 0 Å². The molecule has 0 spiro atoms. The molecule has 0 atom stereocenters. The Morgan fingerprint density at radius 3 is 2.65 bits per heavy atom. The fourth-order valence-corrected chi connectivity index (χ4v) is 5.26. The zero-order chi connectivity index (χ0) is 14.9. The second-order valence-corrected chi connectivity index (χ2v) is 8.39. The minimum absolute atomic E-state index is 0.0638. The topological polar surface area (TPSA) is 96.4 Å². The molecule has 0 amide bonds. The van der Waals surface area contributed by atoms with Gasteiger partial charge in [0.05, 0.1) is 13.9 Å². The van der Waals surface area contributed by atoms with Gasteiger partial charge in [-0.2, -0.15) is 0 Å². The number of sulfonamides is 1. The zero-order valence-electron chi connectivity index (χ0n) is 9.50. The summed E-state index contributed by atoms with van der Waals surface area (Å²) in [5, 5.41) is 8.88. The van der Waals surface area contributed by atoms with Crippen LogP contribution in [0.5, 0.6) is 0 Å². The number of nitrogens with one attached hydrogen (secondary N) is 1. The van der Waals surface area contributed by atoms with E-state index in [1.54, 1.807) is 0 Å². The maximum absolute atomic E-state index is 12.2. The van der Waals surface area contributed by atoms with Gasteiger partial charge in [0.1, 0.15) is 9.77 Å². The minimum atomic E-state index is -3.89. The lowest BCUT2D eigenvalue weighted by Gasteiger charge is -2.08. The molecular formula is C10H6Br2N2O4S2. The van der Waals surface area contributed by atoms with Gasteiger partial charge in [0, 0.05) is 12.4 Å². The van der Waals surface area contributed by atoms with Crippen molar-refractivity contribution in [1.82, 2.24) is 4.98 Å². The Labute approximate surface area is 135 Å². The van der Waals surface area contributed by atoms with E-state index in [1.807, 2.05) is 0 Å². The van der Waals surface area contributed by atoms with Crippen LogP contribution in [0.3, 0.4) is 0 Å². The molecule has 10 heteroatoms. The first-order chi connectivity index (χ1) is 9.31. The number of halogens is 2. The third kappa shape index (κ3) is 3.19. The van der Waals surface area contributed by atoms with Crippen LogP contribution in [0.15, 0.2) is 37.7 Å². The van der Waals surface area contributed by atoms with E-state index in [1.165, 1.54) is 18.5 Å². The molecule has 20 heavy (non-hydrogen) atoms. The van der Waals surface area contributed by atoms with Gasteiger partial charge in [-0.15, -0.1) is 11.3 Å². The van der Waals surface area contributed by atoms with E-state index >= 15 is 0 Å². The van der Waals surface area contributed by atoms with Gasteiger partial charge in [0.15, 0.2) is 0 Å². The molecular weight excluding hydrogens is 436 g/mol. The molecule has 2 heterocycles. The third-order valence-electron chi connectivity index (χ3n) is 2.17. The molecule has 0 aliphatic carbocycles. The Balaban J connectivity index is 2.41. The number of anilines is 1. The Hall–Kier alpha value is -0.970. The van der Waals surface area contributed by atoms with Crippen molar-refractivity contribution in [3.05, 3.63) is 37.7 Å². The summed E-state index contributed by atoms with van der Waals surface area (Å²) in [5.74, 6) is -1.18. The average Bonchev–Trinajstić information content (AvgIpc) is 2.75. The van der Waals surface area contributed by atoms with E-state index in [9.17, 15) is 13.2 Å². The number of hydrogen-bond donors (Lipinski definition) is 2. The molecule has 2 N–H and O–H groups in total. The summed E-state index contributed by atoms with van der Waals surface area (Å²) >= 11 is 7.08. The maximum Gasteiger partial charge on any atom is 0.345 e. The predicted octanol–water partition coefficient (Wildman–Crippen LogP) is 3.17. The molecule has 2 rings (SSSR count). The fraction of sp³-hybridized carbons (Fsp3) is 0. The summed E-state index contributed by atoms with van der Waals surface area (Å²) in [6, 6.07) is 2.59. The Morgan fingerprint density at radius 2 is 2.10 bits per heavy atom.